The van der Waals surface area contributed by atoms with Crippen molar-refractivity contribution in [2.45, 2.75) is 37.7 Å². The number of benzene rings is 1. The quantitative estimate of drug-likeness (QED) is 0.291. The standard InChI is InChI=1S/C21H28N6O2S/c1-14(2)30-21-25-18(22-10-12-29-4)17-13-24-27(19(17)26-21)11-9-23-20(28)16-7-5-15(3)6-8-16/h5-8,13-14H,9-12H2,1-4H3,(H,23,28)(H,22,25,26). The third-order valence-electron chi connectivity index (χ3n) is 4.34. The van der Waals surface area contributed by atoms with Crippen molar-refractivity contribution < 1.29 is 9.53 Å². The van der Waals surface area contributed by atoms with Crippen LogP contribution in [0.1, 0.15) is 29.8 Å². The predicted molar refractivity (Wildman–Crippen MR) is 120 cm³/mol. The summed E-state index contributed by atoms with van der Waals surface area (Å²) in [7, 11) is 1.67. The van der Waals surface area contributed by atoms with Gasteiger partial charge in [0.1, 0.15) is 5.82 Å². The minimum absolute atomic E-state index is 0.0981. The van der Waals surface area contributed by atoms with E-state index in [0.717, 1.165) is 22.4 Å². The number of rotatable bonds is 10. The molecule has 1 aromatic carbocycles. The van der Waals surface area contributed by atoms with Gasteiger partial charge < -0.3 is 15.4 Å². The molecule has 0 aliphatic rings. The number of thioether (sulfide) groups is 1. The number of carbonyl (C=O) groups is 1. The van der Waals surface area contributed by atoms with Crippen molar-refractivity contribution in [1.82, 2.24) is 25.1 Å². The van der Waals surface area contributed by atoms with Crippen molar-refractivity contribution in [2.75, 3.05) is 32.1 Å². The van der Waals surface area contributed by atoms with Crippen molar-refractivity contribution >= 4 is 34.5 Å². The van der Waals surface area contributed by atoms with Gasteiger partial charge in [0.25, 0.3) is 5.91 Å². The fraction of sp³-hybridized carbons (Fsp3) is 0.429. The monoisotopic (exact) mass is 428 g/mol. The average Bonchev–Trinajstić information content (AvgIpc) is 3.11. The highest BCUT2D eigenvalue weighted by atomic mass is 32.2. The van der Waals surface area contributed by atoms with Gasteiger partial charge in [-0.1, -0.05) is 43.3 Å². The molecule has 0 radical (unpaired) electrons. The highest BCUT2D eigenvalue weighted by molar-refractivity contribution is 7.99. The molecular weight excluding hydrogens is 400 g/mol. The molecule has 8 nitrogen and oxygen atoms in total. The zero-order valence-electron chi connectivity index (χ0n) is 17.8. The second-order valence-electron chi connectivity index (χ2n) is 7.17. The van der Waals surface area contributed by atoms with Gasteiger partial charge in [-0.2, -0.15) is 5.10 Å². The number of fused-ring (bicyclic) bond motifs is 1. The number of carbonyl (C=O) groups excluding carboxylic acids is 1. The molecule has 2 aromatic heterocycles. The van der Waals surface area contributed by atoms with Crippen LogP contribution in [0.2, 0.25) is 0 Å². The van der Waals surface area contributed by atoms with Crippen LogP contribution in [0.15, 0.2) is 35.6 Å². The van der Waals surface area contributed by atoms with Gasteiger partial charge in [0.2, 0.25) is 0 Å². The summed E-state index contributed by atoms with van der Waals surface area (Å²) in [5, 5.41) is 12.6. The molecule has 0 saturated heterocycles. The zero-order valence-corrected chi connectivity index (χ0v) is 18.6. The van der Waals surface area contributed by atoms with Crippen LogP contribution >= 0.6 is 11.8 Å². The Morgan fingerprint density at radius 2 is 1.97 bits per heavy atom. The van der Waals surface area contributed by atoms with Crippen molar-refractivity contribution in [2.24, 2.45) is 0 Å². The van der Waals surface area contributed by atoms with E-state index in [1.54, 1.807) is 29.8 Å². The first-order valence-electron chi connectivity index (χ1n) is 9.96. The summed E-state index contributed by atoms with van der Waals surface area (Å²) in [6.07, 6.45) is 1.76. The van der Waals surface area contributed by atoms with Gasteiger partial charge in [-0.3, -0.25) is 4.79 Å². The first-order chi connectivity index (χ1) is 14.5. The molecule has 3 aromatic rings. The van der Waals surface area contributed by atoms with E-state index in [1.807, 2.05) is 31.2 Å². The summed E-state index contributed by atoms with van der Waals surface area (Å²) in [5.74, 6) is 0.647. The molecule has 2 heterocycles. The molecule has 1 amide bonds. The number of methoxy groups -OCH3 is 1. The molecule has 0 spiro atoms. The van der Waals surface area contributed by atoms with Gasteiger partial charge in [-0.25, -0.2) is 14.6 Å². The normalized spacial score (nSPS) is 11.2. The van der Waals surface area contributed by atoms with Gasteiger partial charge in [-0.05, 0) is 19.1 Å². The first kappa shape index (κ1) is 22.0. The van der Waals surface area contributed by atoms with E-state index in [1.165, 1.54) is 0 Å². The summed E-state index contributed by atoms with van der Waals surface area (Å²) < 4.78 is 6.93. The SMILES string of the molecule is COCCNc1nc(SC(C)C)nc2c1cnn2CCNC(=O)c1ccc(C)cc1. The maximum Gasteiger partial charge on any atom is 0.251 e. The number of hydrogen-bond donors (Lipinski definition) is 2. The maximum absolute atomic E-state index is 12.3. The van der Waals surface area contributed by atoms with Gasteiger partial charge >= 0.3 is 0 Å². The van der Waals surface area contributed by atoms with E-state index in [2.05, 4.69) is 34.6 Å². The topological polar surface area (TPSA) is 94.0 Å². The van der Waals surface area contributed by atoms with Crippen molar-refractivity contribution in [3.8, 4) is 0 Å². The molecule has 2 N–H and O–H groups in total. The Kier molecular flexibility index (Phi) is 7.64. The molecule has 0 aliphatic heterocycles. The molecule has 0 unspecified atom stereocenters. The third kappa shape index (κ3) is 5.70. The van der Waals surface area contributed by atoms with Crippen LogP contribution in [0, 0.1) is 6.92 Å². The van der Waals surface area contributed by atoms with Gasteiger partial charge in [0.15, 0.2) is 10.8 Å². The lowest BCUT2D eigenvalue weighted by molar-refractivity contribution is 0.0952. The highest BCUT2D eigenvalue weighted by Gasteiger charge is 2.14. The third-order valence-corrected chi connectivity index (χ3v) is 5.20. The molecule has 30 heavy (non-hydrogen) atoms. The number of ether oxygens (including phenoxy) is 1. The molecule has 0 atom stereocenters. The van der Waals surface area contributed by atoms with Crippen LogP contribution in [-0.4, -0.2) is 57.7 Å². The number of nitrogens with zero attached hydrogens (tertiary/aromatic N) is 4. The van der Waals surface area contributed by atoms with E-state index >= 15 is 0 Å². The Morgan fingerprint density at radius 3 is 2.67 bits per heavy atom. The fourth-order valence-electron chi connectivity index (χ4n) is 2.85. The minimum atomic E-state index is -0.0981. The van der Waals surface area contributed by atoms with Crippen LogP contribution < -0.4 is 10.6 Å². The Hall–Kier alpha value is -2.65. The zero-order chi connectivity index (χ0) is 21.5. The molecule has 0 saturated carbocycles. The summed E-state index contributed by atoms with van der Waals surface area (Å²) >= 11 is 1.60. The number of aromatic nitrogens is 4. The number of aryl methyl sites for hydroxylation is 1. The Morgan fingerprint density at radius 1 is 1.20 bits per heavy atom. The Labute approximate surface area is 180 Å². The average molecular weight is 429 g/mol. The van der Waals surface area contributed by atoms with Crippen LogP contribution in [0.25, 0.3) is 11.0 Å². The van der Waals surface area contributed by atoms with Crippen molar-refractivity contribution in [3.63, 3.8) is 0 Å². The Bertz CT molecular complexity index is 987. The molecular formula is C21H28N6O2S. The first-order valence-corrected chi connectivity index (χ1v) is 10.8. The van der Waals surface area contributed by atoms with Crippen LogP contribution in [-0.2, 0) is 11.3 Å². The summed E-state index contributed by atoms with van der Waals surface area (Å²) in [4.78, 5) is 21.7. The summed E-state index contributed by atoms with van der Waals surface area (Å²) in [5.41, 5.74) is 2.52. The van der Waals surface area contributed by atoms with Crippen molar-refractivity contribution in [3.05, 3.63) is 41.6 Å². The lowest BCUT2D eigenvalue weighted by Crippen LogP contribution is -2.27. The lowest BCUT2D eigenvalue weighted by atomic mass is 10.1. The summed E-state index contributed by atoms with van der Waals surface area (Å²) in [6, 6.07) is 7.51. The summed E-state index contributed by atoms with van der Waals surface area (Å²) in [6.45, 7) is 8.40. The van der Waals surface area contributed by atoms with Crippen LogP contribution in [0.3, 0.4) is 0 Å². The van der Waals surface area contributed by atoms with Gasteiger partial charge in [-0.15, -0.1) is 0 Å². The number of nitrogens with one attached hydrogen (secondary N) is 2. The predicted octanol–water partition coefficient (Wildman–Crippen LogP) is 3.12. The molecule has 0 fully saturated rings. The molecule has 9 heteroatoms. The maximum atomic E-state index is 12.3. The fourth-order valence-corrected chi connectivity index (χ4v) is 3.56. The molecule has 160 valence electrons. The number of hydrogen-bond acceptors (Lipinski definition) is 7. The Balaban J connectivity index is 1.73. The van der Waals surface area contributed by atoms with Gasteiger partial charge in [0.05, 0.1) is 24.7 Å². The number of amides is 1. The van der Waals surface area contributed by atoms with E-state index in [0.29, 0.717) is 42.2 Å². The van der Waals surface area contributed by atoms with Crippen LogP contribution in [0.4, 0.5) is 5.82 Å². The van der Waals surface area contributed by atoms with E-state index in [4.69, 9.17) is 9.72 Å². The smallest absolute Gasteiger partial charge is 0.251 e. The largest absolute Gasteiger partial charge is 0.383 e. The second kappa shape index (κ2) is 10.4. The van der Waals surface area contributed by atoms with E-state index in [-0.39, 0.29) is 5.91 Å². The van der Waals surface area contributed by atoms with Crippen molar-refractivity contribution in [1.29, 1.82) is 0 Å². The van der Waals surface area contributed by atoms with E-state index < -0.39 is 0 Å². The lowest BCUT2D eigenvalue weighted by Gasteiger charge is -2.11. The molecule has 3 rings (SSSR count). The molecule has 0 aliphatic carbocycles. The second-order valence-corrected chi connectivity index (χ2v) is 8.71. The molecule has 0 bridgehead atoms. The highest BCUT2D eigenvalue weighted by Crippen LogP contribution is 2.26. The van der Waals surface area contributed by atoms with Crippen LogP contribution in [0.5, 0.6) is 0 Å². The van der Waals surface area contributed by atoms with E-state index in [9.17, 15) is 4.79 Å². The number of anilines is 1. The minimum Gasteiger partial charge on any atom is -0.383 e. The van der Waals surface area contributed by atoms with Gasteiger partial charge in [0, 0.05) is 31.0 Å².